The predicted molar refractivity (Wildman–Crippen MR) is 120 cm³/mol. The SMILES string of the molecule is CN(C)CCCNC(=O)c1ccc(-c2nnc(CCOCCc3ccccc3)o2)cc1. The van der Waals surface area contributed by atoms with Gasteiger partial charge in [0.05, 0.1) is 13.2 Å². The zero-order valence-corrected chi connectivity index (χ0v) is 18.2. The minimum Gasteiger partial charge on any atom is -0.421 e. The summed E-state index contributed by atoms with van der Waals surface area (Å²) in [5, 5.41) is 11.1. The lowest BCUT2D eigenvalue weighted by Gasteiger charge is -2.10. The van der Waals surface area contributed by atoms with Gasteiger partial charge in [-0.3, -0.25) is 4.79 Å². The minimum atomic E-state index is -0.0795. The number of hydrogen-bond acceptors (Lipinski definition) is 6. The first-order valence-electron chi connectivity index (χ1n) is 10.6. The highest BCUT2D eigenvalue weighted by atomic mass is 16.5. The van der Waals surface area contributed by atoms with Crippen LogP contribution in [0.2, 0.25) is 0 Å². The summed E-state index contributed by atoms with van der Waals surface area (Å²) in [6.07, 6.45) is 2.36. The number of amides is 1. The largest absolute Gasteiger partial charge is 0.421 e. The van der Waals surface area contributed by atoms with Crippen molar-refractivity contribution < 1.29 is 13.9 Å². The van der Waals surface area contributed by atoms with Gasteiger partial charge in [-0.1, -0.05) is 30.3 Å². The van der Waals surface area contributed by atoms with Crippen molar-refractivity contribution in [1.29, 1.82) is 0 Å². The highest BCUT2D eigenvalue weighted by Crippen LogP contribution is 2.18. The van der Waals surface area contributed by atoms with E-state index >= 15 is 0 Å². The summed E-state index contributed by atoms with van der Waals surface area (Å²) in [6.45, 7) is 2.78. The Kier molecular flexibility index (Phi) is 8.75. The van der Waals surface area contributed by atoms with Gasteiger partial charge in [-0.2, -0.15) is 0 Å². The fourth-order valence-electron chi connectivity index (χ4n) is 3.03. The molecule has 1 aromatic heterocycles. The molecule has 0 spiro atoms. The Morgan fingerprint density at radius 3 is 2.48 bits per heavy atom. The van der Waals surface area contributed by atoms with Gasteiger partial charge in [-0.25, -0.2) is 0 Å². The van der Waals surface area contributed by atoms with Crippen molar-refractivity contribution in [2.75, 3.05) is 40.4 Å². The Bertz CT molecular complexity index is 924. The molecule has 0 atom stereocenters. The van der Waals surface area contributed by atoms with Crippen LogP contribution in [0.3, 0.4) is 0 Å². The van der Waals surface area contributed by atoms with Gasteiger partial charge in [0.15, 0.2) is 0 Å². The molecule has 164 valence electrons. The van der Waals surface area contributed by atoms with E-state index in [-0.39, 0.29) is 5.91 Å². The Labute approximate surface area is 183 Å². The quantitative estimate of drug-likeness (QED) is 0.452. The van der Waals surface area contributed by atoms with E-state index < -0.39 is 0 Å². The van der Waals surface area contributed by atoms with E-state index in [2.05, 4.69) is 32.5 Å². The van der Waals surface area contributed by atoms with Crippen LogP contribution in [0.1, 0.15) is 28.2 Å². The van der Waals surface area contributed by atoms with Crippen LogP contribution in [-0.4, -0.2) is 61.4 Å². The summed E-state index contributed by atoms with van der Waals surface area (Å²) in [6, 6.07) is 17.4. The summed E-state index contributed by atoms with van der Waals surface area (Å²) in [7, 11) is 4.03. The summed E-state index contributed by atoms with van der Waals surface area (Å²) in [4.78, 5) is 14.3. The number of carbonyl (C=O) groups excluding carboxylic acids is 1. The van der Waals surface area contributed by atoms with Crippen molar-refractivity contribution in [1.82, 2.24) is 20.4 Å². The molecule has 31 heavy (non-hydrogen) atoms. The first-order valence-corrected chi connectivity index (χ1v) is 10.6. The van der Waals surface area contributed by atoms with Gasteiger partial charge >= 0.3 is 0 Å². The van der Waals surface area contributed by atoms with E-state index in [1.54, 1.807) is 12.1 Å². The molecule has 1 N–H and O–H groups in total. The third-order valence-electron chi connectivity index (χ3n) is 4.77. The number of nitrogens with one attached hydrogen (secondary N) is 1. The van der Waals surface area contributed by atoms with Crippen LogP contribution in [0.4, 0.5) is 0 Å². The van der Waals surface area contributed by atoms with E-state index in [1.165, 1.54) is 5.56 Å². The molecular weight excluding hydrogens is 392 g/mol. The monoisotopic (exact) mass is 422 g/mol. The third-order valence-corrected chi connectivity index (χ3v) is 4.77. The number of nitrogens with zero attached hydrogens (tertiary/aromatic N) is 3. The topological polar surface area (TPSA) is 80.5 Å². The molecule has 0 saturated heterocycles. The first-order chi connectivity index (χ1) is 15.1. The molecule has 0 fully saturated rings. The molecule has 3 aromatic rings. The predicted octanol–water partition coefficient (Wildman–Crippen LogP) is 3.22. The second-order valence-electron chi connectivity index (χ2n) is 7.59. The summed E-state index contributed by atoms with van der Waals surface area (Å²) in [5.74, 6) is 0.902. The van der Waals surface area contributed by atoms with Gasteiger partial charge in [-0.05, 0) is 63.3 Å². The number of benzene rings is 2. The zero-order chi connectivity index (χ0) is 21.9. The van der Waals surface area contributed by atoms with Crippen LogP contribution in [0.25, 0.3) is 11.5 Å². The summed E-state index contributed by atoms with van der Waals surface area (Å²) >= 11 is 0. The van der Waals surface area contributed by atoms with E-state index in [9.17, 15) is 4.79 Å². The van der Waals surface area contributed by atoms with Crippen molar-refractivity contribution in [2.24, 2.45) is 0 Å². The zero-order valence-electron chi connectivity index (χ0n) is 18.2. The minimum absolute atomic E-state index is 0.0795. The van der Waals surface area contributed by atoms with Gasteiger partial charge in [0.25, 0.3) is 5.91 Å². The molecule has 0 aliphatic carbocycles. The van der Waals surface area contributed by atoms with Gasteiger partial charge < -0.3 is 19.4 Å². The molecule has 0 unspecified atom stereocenters. The standard InChI is InChI=1S/C24H30N4O3/c1-28(2)16-6-15-25-23(29)20-9-11-21(12-10-20)24-27-26-22(31-24)14-18-30-17-13-19-7-4-3-5-8-19/h3-5,7-12H,6,13-18H2,1-2H3,(H,25,29). The molecule has 3 rings (SSSR count). The molecule has 0 aliphatic rings. The van der Waals surface area contributed by atoms with Crippen molar-refractivity contribution >= 4 is 5.91 Å². The van der Waals surface area contributed by atoms with Crippen molar-refractivity contribution in [3.63, 3.8) is 0 Å². The molecule has 1 amide bonds. The average molecular weight is 423 g/mol. The molecule has 0 aliphatic heterocycles. The van der Waals surface area contributed by atoms with E-state index in [1.807, 2.05) is 44.4 Å². The molecule has 0 radical (unpaired) electrons. The molecule has 7 nitrogen and oxygen atoms in total. The molecular formula is C24H30N4O3. The van der Waals surface area contributed by atoms with Gasteiger partial charge in [0, 0.05) is 24.1 Å². The Hall–Kier alpha value is -3.03. The Morgan fingerprint density at radius 2 is 1.74 bits per heavy atom. The van der Waals surface area contributed by atoms with E-state index in [4.69, 9.17) is 9.15 Å². The van der Waals surface area contributed by atoms with Crippen LogP contribution in [0, 0.1) is 0 Å². The highest BCUT2D eigenvalue weighted by Gasteiger charge is 2.10. The van der Waals surface area contributed by atoms with Crippen LogP contribution >= 0.6 is 0 Å². The van der Waals surface area contributed by atoms with Crippen molar-refractivity contribution in [3.8, 4) is 11.5 Å². The van der Waals surface area contributed by atoms with Crippen LogP contribution in [0.5, 0.6) is 0 Å². The van der Waals surface area contributed by atoms with Gasteiger partial charge in [0.1, 0.15) is 0 Å². The maximum atomic E-state index is 12.2. The number of ether oxygens (including phenoxy) is 1. The van der Waals surface area contributed by atoms with Crippen molar-refractivity contribution in [2.45, 2.75) is 19.3 Å². The van der Waals surface area contributed by atoms with E-state index in [0.29, 0.717) is 43.5 Å². The molecule has 2 aromatic carbocycles. The van der Waals surface area contributed by atoms with Crippen LogP contribution in [-0.2, 0) is 17.6 Å². The number of hydrogen-bond donors (Lipinski definition) is 1. The Balaban J connectivity index is 1.41. The maximum absolute atomic E-state index is 12.2. The molecule has 7 heteroatoms. The Morgan fingerprint density at radius 1 is 1.00 bits per heavy atom. The average Bonchev–Trinajstić information content (AvgIpc) is 3.26. The third kappa shape index (κ3) is 7.62. The molecule has 0 saturated carbocycles. The normalized spacial score (nSPS) is 11.1. The number of rotatable bonds is 12. The highest BCUT2D eigenvalue weighted by molar-refractivity contribution is 5.94. The number of carbonyl (C=O) groups is 1. The fraction of sp³-hybridized carbons (Fsp3) is 0.375. The fourth-order valence-corrected chi connectivity index (χ4v) is 3.03. The van der Waals surface area contributed by atoms with Gasteiger partial charge in [0.2, 0.25) is 11.8 Å². The van der Waals surface area contributed by atoms with Crippen LogP contribution < -0.4 is 5.32 Å². The second kappa shape index (κ2) is 12.0. The van der Waals surface area contributed by atoms with Crippen molar-refractivity contribution in [3.05, 3.63) is 71.6 Å². The first kappa shape index (κ1) is 22.7. The lowest BCUT2D eigenvalue weighted by Crippen LogP contribution is -2.27. The molecule has 0 bridgehead atoms. The van der Waals surface area contributed by atoms with Crippen LogP contribution in [0.15, 0.2) is 59.0 Å². The lowest BCUT2D eigenvalue weighted by molar-refractivity contribution is 0.0952. The van der Waals surface area contributed by atoms with Gasteiger partial charge in [-0.15, -0.1) is 10.2 Å². The smallest absolute Gasteiger partial charge is 0.251 e. The number of aromatic nitrogens is 2. The maximum Gasteiger partial charge on any atom is 0.251 e. The lowest BCUT2D eigenvalue weighted by atomic mass is 10.1. The molecule has 1 heterocycles. The second-order valence-corrected chi connectivity index (χ2v) is 7.59. The van der Waals surface area contributed by atoms with E-state index in [0.717, 1.165) is 24.9 Å². The summed E-state index contributed by atoms with van der Waals surface area (Å²) in [5.41, 5.74) is 2.65. The summed E-state index contributed by atoms with van der Waals surface area (Å²) < 4.78 is 11.4.